The molecule has 3 rings (SSSR count). The second-order valence-corrected chi connectivity index (χ2v) is 10.5. The normalized spacial score (nSPS) is 17.6. The zero-order valence-electron chi connectivity index (χ0n) is 19.9. The molecule has 1 aliphatic heterocycles. The van der Waals surface area contributed by atoms with Crippen LogP contribution in [0.25, 0.3) is 0 Å². The van der Waals surface area contributed by atoms with Gasteiger partial charge in [-0.25, -0.2) is 4.57 Å². The summed E-state index contributed by atoms with van der Waals surface area (Å²) in [6.45, 7) is 0.485. The highest BCUT2D eigenvalue weighted by Gasteiger charge is 2.44. The fraction of sp³-hybridized carbons (Fsp3) is 0.435. The Kier molecular flexibility index (Phi) is 9.16. The number of likely N-dealkylation sites (tertiary alicyclic amines) is 1. The number of nitro benzene ring substituents is 1. The van der Waals surface area contributed by atoms with Gasteiger partial charge in [-0.2, -0.15) is 17.8 Å². The predicted octanol–water partition coefficient (Wildman–Crippen LogP) is 5.21. The van der Waals surface area contributed by atoms with Gasteiger partial charge in [0.25, 0.3) is 5.69 Å². The van der Waals surface area contributed by atoms with Crippen molar-refractivity contribution >= 4 is 19.4 Å². The lowest BCUT2D eigenvalue weighted by atomic mass is 9.96. The molecule has 1 saturated heterocycles. The molecule has 1 heterocycles. The number of nitro groups is 1. The number of carboxylic acids is 1. The van der Waals surface area contributed by atoms with E-state index in [2.05, 4.69) is 0 Å². The molecule has 1 fully saturated rings. The highest BCUT2D eigenvalue weighted by atomic mass is 31.2. The zero-order valence-corrected chi connectivity index (χ0v) is 20.8. The van der Waals surface area contributed by atoms with Crippen molar-refractivity contribution in [2.45, 2.75) is 32.0 Å². The standard InChI is InChI=1S/C23H27F3N3O7P/c1-17(22(30)31)28(15-18-11-13-27(14-12-18)16-23(24,25)26)37(34,35-20-5-3-2-4-6-20)36-21-9-7-19(8-10-21)29(32)33/h2-10,17-18H,11-16H2,1H3,(H,30,31)/t17-,37?/m0/s1. The topological polar surface area (TPSA) is 122 Å². The Morgan fingerprint density at radius 1 is 1.14 bits per heavy atom. The number of carbonyl (C=O) groups is 1. The van der Waals surface area contributed by atoms with E-state index in [9.17, 15) is 37.8 Å². The summed E-state index contributed by atoms with van der Waals surface area (Å²) in [4.78, 5) is 23.6. The lowest BCUT2D eigenvalue weighted by Gasteiger charge is -2.38. The van der Waals surface area contributed by atoms with E-state index in [1.807, 2.05) is 0 Å². The lowest BCUT2D eigenvalue weighted by Crippen LogP contribution is -2.45. The third-order valence-electron chi connectivity index (χ3n) is 5.91. The molecule has 0 spiro atoms. The molecule has 1 N–H and O–H groups in total. The Bertz CT molecular complexity index is 1110. The summed E-state index contributed by atoms with van der Waals surface area (Å²) in [5.74, 6) is -1.50. The third-order valence-corrected chi connectivity index (χ3v) is 7.93. The molecule has 2 atom stereocenters. The summed E-state index contributed by atoms with van der Waals surface area (Å²) in [7, 11) is -4.45. The van der Waals surface area contributed by atoms with Crippen molar-refractivity contribution in [3.63, 3.8) is 0 Å². The van der Waals surface area contributed by atoms with Gasteiger partial charge in [0.2, 0.25) is 0 Å². The summed E-state index contributed by atoms with van der Waals surface area (Å²) in [6.07, 6.45) is -3.68. The molecule has 1 aliphatic rings. The van der Waals surface area contributed by atoms with Gasteiger partial charge in [0.15, 0.2) is 0 Å². The van der Waals surface area contributed by atoms with E-state index >= 15 is 0 Å². The fourth-order valence-corrected chi connectivity index (χ4v) is 5.92. The Morgan fingerprint density at radius 3 is 2.16 bits per heavy atom. The van der Waals surface area contributed by atoms with Gasteiger partial charge in [0.1, 0.15) is 17.5 Å². The predicted molar refractivity (Wildman–Crippen MR) is 127 cm³/mol. The second kappa shape index (κ2) is 11.9. The number of hydrogen-bond acceptors (Lipinski definition) is 7. The van der Waals surface area contributed by atoms with Crippen LogP contribution in [-0.4, -0.2) is 64.0 Å². The van der Waals surface area contributed by atoms with Crippen LogP contribution in [0.2, 0.25) is 0 Å². The van der Waals surface area contributed by atoms with E-state index in [1.165, 1.54) is 36.1 Å². The molecule has 0 aromatic heterocycles. The molecule has 14 heteroatoms. The van der Waals surface area contributed by atoms with Crippen molar-refractivity contribution in [2.75, 3.05) is 26.2 Å². The van der Waals surface area contributed by atoms with E-state index in [0.29, 0.717) is 12.8 Å². The van der Waals surface area contributed by atoms with Crippen LogP contribution in [0, 0.1) is 16.0 Å². The number of nitrogens with zero attached hydrogens (tertiary/aromatic N) is 3. The SMILES string of the molecule is C[C@@H](C(=O)O)N(CC1CCN(CC(F)(F)F)CC1)P(=O)(Oc1ccccc1)Oc1ccc([N+](=O)[O-])cc1. The van der Waals surface area contributed by atoms with E-state index < -0.39 is 37.4 Å². The third kappa shape index (κ3) is 8.17. The molecular weight excluding hydrogens is 518 g/mol. The Morgan fingerprint density at radius 2 is 1.68 bits per heavy atom. The minimum Gasteiger partial charge on any atom is -0.480 e. The summed E-state index contributed by atoms with van der Waals surface area (Å²) in [6, 6.07) is 11.3. The average molecular weight is 545 g/mol. The number of alkyl halides is 3. The van der Waals surface area contributed by atoms with Crippen molar-refractivity contribution < 1.29 is 41.6 Å². The van der Waals surface area contributed by atoms with Crippen LogP contribution in [-0.2, 0) is 9.36 Å². The highest BCUT2D eigenvalue weighted by Crippen LogP contribution is 2.53. The van der Waals surface area contributed by atoms with Gasteiger partial charge in [-0.05, 0) is 63.0 Å². The van der Waals surface area contributed by atoms with Crippen molar-refractivity contribution in [2.24, 2.45) is 5.92 Å². The van der Waals surface area contributed by atoms with Crippen molar-refractivity contribution in [3.8, 4) is 11.5 Å². The maximum Gasteiger partial charge on any atom is 0.516 e. The van der Waals surface area contributed by atoms with Crippen LogP contribution in [0.5, 0.6) is 11.5 Å². The lowest BCUT2D eigenvalue weighted by molar-refractivity contribution is -0.384. The van der Waals surface area contributed by atoms with Crippen molar-refractivity contribution in [1.29, 1.82) is 0 Å². The molecule has 0 radical (unpaired) electrons. The van der Waals surface area contributed by atoms with Crippen molar-refractivity contribution in [3.05, 3.63) is 64.7 Å². The molecule has 2 aromatic carbocycles. The van der Waals surface area contributed by atoms with E-state index in [1.54, 1.807) is 18.2 Å². The van der Waals surface area contributed by atoms with Crippen LogP contribution < -0.4 is 9.05 Å². The maximum atomic E-state index is 14.3. The van der Waals surface area contributed by atoms with Crippen molar-refractivity contribution in [1.82, 2.24) is 9.57 Å². The summed E-state index contributed by atoms with van der Waals surface area (Å²) >= 11 is 0. The first-order chi connectivity index (χ1) is 17.4. The Hall–Kier alpha value is -3.15. The summed E-state index contributed by atoms with van der Waals surface area (Å²) in [5.41, 5.74) is -0.229. The van der Waals surface area contributed by atoms with Gasteiger partial charge in [0, 0.05) is 18.7 Å². The van der Waals surface area contributed by atoms with Gasteiger partial charge >= 0.3 is 19.9 Å². The summed E-state index contributed by atoms with van der Waals surface area (Å²) in [5, 5.41) is 20.7. The number of rotatable bonds is 11. The number of piperidine rings is 1. The first-order valence-corrected chi connectivity index (χ1v) is 12.9. The smallest absolute Gasteiger partial charge is 0.480 e. The molecule has 0 saturated carbocycles. The monoisotopic (exact) mass is 545 g/mol. The number of halogens is 3. The van der Waals surface area contributed by atoms with Gasteiger partial charge in [-0.15, -0.1) is 0 Å². The number of non-ortho nitro benzene ring substituents is 1. The fourth-order valence-electron chi connectivity index (χ4n) is 3.94. The number of carboxylic acid groups (broad SMARTS) is 1. The van der Waals surface area contributed by atoms with E-state index in [0.717, 1.165) is 16.8 Å². The minimum absolute atomic E-state index is 0.0487. The van der Waals surface area contributed by atoms with Gasteiger partial charge < -0.3 is 14.2 Å². The maximum absolute atomic E-state index is 14.3. The number of benzene rings is 2. The minimum atomic E-state index is -4.45. The molecule has 37 heavy (non-hydrogen) atoms. The van der Waals surface area contributed by atoms with Crippen LogP contribution in [0.3, 0.4) is 0 Å². The Labute approximate surface area is 211 Å². The van der Waals surface area contributed by atoms with Gasteiger partial charge in [-0.1, -0.05) is 18.2 Å². The number of hydrogen-bond donors (Lipinski definition) is 1. The first-order valence-electron chi connectivity index (χ1n) is 11.4. The molecule has 10 nitrogen and oxygen atoms in total. The molecule has 2 aromatic rings. The molecule has 0 bridgehead atoms. The first kappa shape index (κ1) is 28.4. The van der Waals surface area contributed by atoms with E-state index in [-0.39, 0.29) is 42.7 Å². The zero-order chi connectivity index (χ0) is 27.2. The van der Waals surface area contributed by atoms with Gasteiger partial charge in [0.05, 0.1) is 11.5 Å². The second-order valence-electron chi connectivity index (χ2n) is 8.69. The van der Waals surface area contributed by atoms with Crippen LogP contribution in [0.15, 0.2) is 54.6 Å². The Balaban J connectivity index is 1.88. The number of para-hydroxylation sites is 1. The average Bonchev–Trinajstić information content (AvgIpc) is 2.83. The molecule has 0 amide bonds. The molecule has 202 valence electrons. The molecule has 1 unspecified atom stereocenters. The largest absolute Gasteiger partial charge is 0.516 e. The van der Waals surface area contributed by atoms with Crippen LogP contribution in [0.1, 0.15) is 19.8 Å². The van der Waals surface area contributed by atoms with Crippen LogP contribution in [0.4, 0.5) is 18.9 Å². The van der Waals surface area contributed by atoms with E-state index in [4.69, 9.17) is 9.05 Å². The molecular formula is C23H27F3N3O7P. The van der Waals surface area contributed by atoms with Crippen LogP contribution >= 0.6 is 7.75 Å². The number of aliphatic carboxylic acids is 1. The van der Waals surface area contributed by atoms with Gasteiger partial charge in [-0.3, -0.25) is 19.8 Å². The highest BCUT2D eigenvalue weighted by molar-refractivity contribution is 7.52. The quantitative estimate of drug-likeness (QED) is 0.230. The summed E-state index contributed by atoms with van der Waals surface area (Å²) < 4.78 is 65.1. The molecule has 0 aliphatic carbocycles.